The summed E-state index contributed by atoms with van der Waals surface area (Å²) >= 11 is 13.2. The molecule has 2 N–H and O–H groups in total. The normalized spacial score (nSPS) is 11.8. The van der Waals surface area contributed by atoms with Gasteiger partial charge in [-0.3, -0.25) is 9.59 Å². The zero-order chi connectivity index (χ0) is 23.4. The number of thioether (sulfide) groups is 1. The second-order valence-electron chi connectivity index (χ2n) is 7.33. The fourth-order valence-corrected chi connectivity index (χ4v) is 4.14. The molecule has 1 heterocycles. The molecule has 0 unspecified atom stereocenters. The van der Waals surface area contributed by atoms with Crippen LogP contribution in [-0.2, 0) is 11.8 Å². The first-order valence-electron chi connectivity index (χ1n) is 9.81. The van der Waals surface area contributed by atoms with Gasteiger partial charge in [-0.1, -0.05) is 53.2 Å². The topological polar surface area (TPSA) is 88.9 Å². The molecule has 7 nitrogen and oxygen atoms in total. The second kappa shape index (κ2) is 10.4. The Balaban J connectivity index is 1.61. The first-order chi connectivity index (χ1) is 15.2. The third kappa shape index (κ3) is 5.62. The number of hydrogen-bond donors (Lipinski definition) is 2. The molecule has 32 heavy (non-hydrogen) atoms. The van der Waals surface area contributed by atoms with Gasteiger partial charge in [0.05, 0.1) is 21.8 Å². The summed E-state index contributed by atoms with van der Waals surface area (Å²) in [6, 6.07) is 10.1. The number of halogens is 2. The largest absolute Gasteiger partial charge is 0.342 e. The number of anilines is 1. The SMILES string of the molecule is Cc1cccc(C)c1NC(=O)CSc1nnc([C@@H](C)NC(=O)c2ccc(Cl)c(Cl)c2)n1C. The van der Waals surface area contributed by atoms with Gasteiger partial charge in [0.25, 0.3) is 5.91 Å². The molecule has 0 bridgehead atoms. The van der Waals surface area contributed by atoms with E-state index in [1.807, 2.05) is 39.0 Å². The zero-order valence-corrected chi connectivity index (χ0v) is 20.4. The lowest BCUT2D eigenvalue weighted by molar-refractivity contribution is -0.113. The van der Waals surface area contributed by atoms with Crippen LogP contribution in [0, 0.1) is 13.8 Å². The van der Waals surface area contributed by atoms with Crippen molar-refractivity contribution < 1.29 is 9.59 Å². The highest BCUT2D eigenvalue weighted by molar-refractivity contribution is 7.99. The first-order valence-corrected chi connectivity index (χ1v) is 11.6. The minimum absolute atomic E-state index is 0.127. The predicted octanol–water partition coefficient (Wildman–Crippen LogP) is 4.96. The van der Waals surface area contributed by atoms with Crippen molar-refractivity contribution in [2.24, 2.45) is 7.05 Å². The third-order valence-corrected chi connectivity index (χ3v) is 6.62. The summed E-state index contributed by atoms with van der Waals surface area (Å²) < 4.78 is 1.76. The summed E-state index contributed by atoms with van der Waals surface area (Å²) in [6.07, 6.45) is 0. The maximum Gasteiger partial charge on any atom is 0.251 e. The van der Waals surface area contributed by atoms with Gasteiger partial charge in [0.2, 0.25) is 5.91 Å². The van der Waals surface area contributed by atoms with Crippen LogP contribution in [0.3, 0.4) is 0 Å². The molecule has 0 aliphatic rings. The van der Waals surface area contributed by atoms with E-state index in [1.54, 1.807) is 23.7 Å². The van der Waals surface area contributed by atoms with Gasteiger partial charge in [-0.25, -0.2) is 0 Å². The Kier molecular flexibility index (Phi) is 7.82. The number of amides is 2. The van der Waals surface area contributed by atoms with Gasteiger partial charge in [-0.2, -0.15) is 0 Å². The number of nitrogens with zero attached hydrogens (tertiary/aromatic N) is 3. The van der Waals surface area contributed by atoms with E-state index in [0.717, 1.165) is 16.8 Å². The van der Waals surface area contributed by atoms with Crippen LogP contribution in [0.1, 0.15) is 40.3 Å². The quantitative estimate of drug-likeness (QED) is 0.455. The zero-order valence-electron chi connectivity index (χ0n) is 18.1. The number of aryl methyl sites for hydroxylation is 2. The highest BCUT2D eigenvalue weighted by Crippen LogP contribution is 2.24. The molecule has 10 heteroatoms. The summed E-state index contributed by atoms with van der Waals surface area (Å²) in [4.78, 5) is 25.0. The van der Waals surface area contributed by atoms with Crippen LogP contribution in [0.5, 0.6) is 0 Å². The minimum atomic E-state index is -0.410. The van der Waals surface area contributed by atoms with Gasteiger partial charge in [0.15, 0.2) is 11.0 Å². The van der Waals surface area contributed by atoms with Gasteiger partial charge in [0, 0.05) is 18.3 Å². The minimum Gasteiger partial charge on any atom is -0.342 e. The van der Waals surface area contributed by atoms with Crippen molar-refractivity contribution in [3.8, 4) is 0 Å². The lowest BCUT2D eigenvalue weighted by atomic mass is 10.1. The summed E-state index contributed by atoms with van der Waals surface area (Å²) in [5, 5.41) is 15.4. The lowest BCUT2D eigenvalue weighted by Gasteiger charge is -2.14. The first kappa shape index (κ1) is 24.1. The molecular formula is C22H23Cl2N5O2S. The van der Waals surface area contributed by atoms with Crippen molar-refractivity contribution in [1.29, 1.82) is 0 Å². The molecule has 2 amide bonds. The highest BCUT2D eigenvalue weighted by Gasteiger charge is 2.19. The van der Waals surface area contributed by atoms with Gasteiger partial charge < -0.3 is 15.2 Å². The maximum atomic E-state index is 12.5. The van der Waals surface area contributed by atoms with Crippen molar-refractivity contribution in [2.45, 2.75) is 32.0 Å². The average molecular weight is 492 g/mol. The fraction of sp³-hybridized carbons (Fsp3) is 0.273. The van der Waals surface area contributed by atoms with E-state index in [1.165, 1.54) is 17.8 Å². The molecule has 0 aliphatic carbocycles. The number of nitrogens with one attached hydrogen (secondary N) is 2. The van der Waals surface area contributed by atoms with E-state index in [-0.39, 0.29) is 17.6 Å². The highest BCUT2D eigenvalue weighted by atomic mass is 35.5. The van der Waals surface area contributed by atoms with Crippen LogP contribution < -0.4 is 10.6 Å². The monoisotopic (exact) mass is 491 g/mol. The number of para-hydroxylation sites is 1. The molecule has 3 aromatic rings. The van der Waals surface area contributed by atoms with E-state index in [2.05, 4.69) is 20.8 Å². The van der Waals surface area contributed by atoms with Crippen LogP contribution >= 0.6 is 35.0 Å². The van der Waals surface area contributed by atoms with Crippen LogP contribution in [0.25, 0.3) is 0 Å². The predicted molar refractivity (Wildman–Crippen MR) is 129 cm³/mol. The molecule has 2 aromatic carbocycles. The van der Waals surface area contributed by atoms with Gasteiger partial charge >= 0.3 is 0 Å². The van der Waals surface area contributed by atoms with Crippen molar-refractivity contribution in [1.82, 2.24) is 20.1 Å². The smallest absolute Gasteiger partial charge is 0.251 e. The van der Waals surface area contributed by atoms with E-state index >= 15 is 0 Å². The summed E-state index contributed by atoms with van der Waals surface area (Å²) in [7, 11) is 1.79. The Bertz CT molecular complexity index is 1140. The van der Waals surface area contributed by atoms with E-state index in [9.17, 15) is 9.59 Å². The van der Waals surface area contributed by atoms with E-state index in [0.29, 0.717) is 26.6 Å². The molecule has 1 atom stereocenters. The van der Waals surface area contributed by atoms with Crippen molar-refractivity contribution >= 4 is 52.5 Å². The number of carbonyl (C=O) groups excluding carboxylic acids is 2. The average Bonchev–Trinajstić information content (AvgIpc) is 3.11. The number of benzene rings is 2. The summed E-state index contributed by atoms with van der Waals surface area (Å²) in [6.45, 7) is 5.72. The Morgan fingerprint density at radius 3 is 2.44 bits per heavy atom. The Labute approximate surface area is 200 Å². The molecule has 168 valence electrons. The molecule has 0 spiro atoms. The van der Waals surface area contributed by atoms with Gasteiger partial charge in [-0.15, -0.1) is 10.2 Å². The molecule has 0 fully saturated rings. The Morgan fingerprint density at radius 2 is 1.78 bits per heavy atom. The molecule has 1 aromatic heterocycles. The van der Waals surface area contributed by atoms with Crippen LogP contribution in [0.4, 0.5) is 5.69 Å². The van der Waals surface area contributed by atoms with Crippen molar-refractivity contribution in [2.75, 3.05) is 11.1 Å². The molecular weight excluding hydrogens is 469 g/mol. The van der Waals surface area contributed by atoms with Crippen molar-refractivity contribution in [3.05, 3.63) is 69.0 Å². The lowest BCUT2D eigenvalue weighted by Crippen LogP contribution is -2.28. The van der Waals surface area contributed by atoms with E-state index < -0.39 is 6.04 Å². The Hall–Kier alpha value is -2.55. The van der Waals surface area contributed by atoms with Gasteiger partial charge in [0.1, 0.15) is 0 Å². The molecule has 0 saturated carbocycles. The molecule has 3 rings (SSSR count). The Morgan fingerprint density at radius 1 is 1.09 bits per heavy atom. The summed E-state index contributed by atoms with van der Waals surface area (Å²) in [5.74, 6) is 0.319. The maximum absolute atomic E-state index is 12.5. The number of hydrogen-bond acceptors (Lipinski definition) is 5. The number of rotatable bonds is 7. The van der Waals surface area contributed by atoms with Crippen LogP contribution in [-0.4, -0.2) is 32.3 Å². The van der Waals surface area contributed by atoms with Crippen LogP contribution in [0.15, 0.2) is 41.6 Å². The number of aromatic nitrogens is 3. The second-order valence-corrected chi connectivity index (χ2v) is 9.08. The molecule has 0 radical (unpaired) electrons. The fourth-order valence-electron chi connectivity index (χ4n) is 3.13. The standard InChI is InChI=1S/C22H23Cl2N5O2S/c1-12-6-5-7-13(2)19(12)26-18(30)11-32-22-28-27-20(29(22)4)14(3)25-21(31)15-8-9-16(23)17(24)10-15/h5-10,14H,11H2,1-4H3,(H,25,31)(H,26,30)/t14-/m1/s1. The van der Waals surface area contributed by atoms with Crippen LogP contribution in [0.2, 0.25) is 10.0 Å². The molecule has 0 aliphatic heterocycles. The molecule has 0 saturated heterocycles. The van der Waals surface area contributed by atoms with Crippen molar-refractivity contribution in [3.63, 3.8) is 0 Å². The van der Waals surface area contributed by atoms with E-state index in [4.69, 9.17) is 23.2 Å². The number of carbonyl (C=O) groups is 2. The third-order valence-electron chi connectivity index (χ3n) is 4.86. The summed E-state index contributed by atoms with van der Waals surface area (Å²) in [5.41, 5.74) is 3.24. The van der Waals surface area contributed by atoms with Gasteiger partial charge in [-0.05, 0) is 50.1 Å².